The van der Waals surface area contributed by atoms with E-state index >= 15 is 0 Å². The van der Waals surface area contributed by atoms with Crippen molar-refractivity contribution in [3.63, 3.8) is 0 Å². The molecule has 0 aliphatic rings. The number of phenols is 18. The Morgan fingerprint density at radius 2 is 0.460 bits per heavy atom. The molecule has 63 heavy (non-hydrogen) atoms. The van der Waals surface area contributed by atoms with Gasteiger partial charge in [0.25, 0.3) is 0 Å². The van der Waals surface area contributed by atoms with E-state index < -0.39 is 171 Å². The van der Waals surface area contributed by atoms with Crippen molar-refractivity contribution < 1.29 is 106 Å². The standard InChI is InChI=1S/C42H30O21/c43-13-1-19(47)31(20(48)2-13)34-37(58)35(32-21(49)9-17(10-22(32)50)61-40-25(53)3-14(44)4-26(40)54)39(60)36(38(34)59)33-23(51)11-18(12-24(33)52)62-42-29(57)7-16(46)8-30(42)63-41-27(55)5-15(45)6-28(41)56/h1-12,43-60H. The summed E-state index contributed by atoms with van der Waals surface area (Å²) >= 11 is 0. The fourth-order valence-corrected chi connectivity index (χ4v) is 6.55. The van der Waals surface area contributed by atoms with Crippen LogP contribution in [0.4, 0.5) is 0 Å². The van der Waals surface area contributed by atoms with E-state index in [9.17, 15) is 91.9 Å². The van der Waals surface area contributed by atoms with Crippen molar-refractivity contribution in [2.75, 3.05) is 0 Å². The number of benzene rings is 7. The lowest BCUT2D eigenvalue weighted by molar-refractivity contribution is 0.343. The molecule has 0 radical (unpaired) electrons. The summed E-state index contributed by atoms with van der Waals surface area (Å²) in [6.45, 7) is 0. The third kappa shape index (κ3) is 7.35. The van der Waals surface area contributed by atoms with Crippen LogP contribution >= 0.6 is 0 Å². The fraction of sp³-hybridized carbons (Fsp3) is 0. The second kappa shape index (κ2) is 15.2. The van der Waals surface area contributed by atoms with Crippen LogP contribution in [0.1, 0.15) is 0 Å². The lowest BCUT2D eigenvalue weighted by atomic mass is 9.87. The first-order valence-electron chi connectivity index (χ1n) is 17.4. The fourth-order valence-electron chi connectivity index (χ4n) is 6.55. The molecule has 0 unspecified atom stereocenters. The number of ether oxygens (including phenoxy) is 3. The van der Waals surface area contributed by atoms with Crippen LogP contribution < -0.4 is 14.2 Å². The SMILES string of the molecule is Oc1cc(O)c(Oc2cc(O)c(-c3c(O)c(-c4c(O)cc(O)cc4O)c(O)c(-c4c(O)cc(Oc5c(O)cc(O)cc5Oc5c(O)cc(O)cc5O)cc4O)c3O)c(O)c2)c(O)c1. The maximum Gasteiger partial charge on any atom is 0.211 e. The van der Waals surface area contributed by atoms with Gasteiger partial charge in [0.2, 0.25) is 17.2 Å². The van der Waals surface area contributed by atoms with Crippen molar-refractivity contribution in [3.05, 3.63) is 72.8 Å². The molecule has 0 saturated carbocycles. The Hall–Kier alpha value is -9.66. The average Bonchev–Trinajstić information content (AvgIpc) is 3.15. The summed E-state index contributed by atoms with van der Waals surface area (Å²) in [4.78, 5) is 0. The van der Waals surface area contributed by atoms with Gasteiger partial charge < -0.3 is 106 Å². The molecule has 0 saturated heterocycles. The average molecular weight is 871 g/mol. The molecule has 21 nitrogen and oxygen atoms in total. The molecule has 0 atom stereocenters. The summed E-state index contributed by atoms with van der Waals surface area (Å²) in [5.74, 6) is -20.4. The molecular weight excluding hydrogens is 840 g/mol. The Kier molecular flexibility index (Phi) is 10.00. The van der Waals surface area contributed by atoms with E-state index in [1.54, 1.807) is 0 Å². The molecule has 0 heterocycles. The molecule has 0 amide bonds. The smallest absolute Gasteiger partial charge is 0.211 e. The van der Waals surface area contributed by atoms with Crippen molar-refractivity contribution in [1.82, 2.24) is 0 Å². The molecule has 0 spiro atoms. The first kappa shape index (κ1) is 41.5. The minimum absolute atomic E-state index is 0.507. The first-order valence-corrected chi connectivity index (χ1v) is 17.4. The van der Waals surface area contributed by atoms with Crippen molar-refractivity contribution in [1.29, 1.82) is 0 Å². The van der Waals surface area contributed by atoms with Gasteiger partial charge in [-0.25, -0.2) is 0 Å². The van der Waals surface area contributed by atoms with Crippen LogP contribution in [-0.4, -0.2) is 91.9 Å². The zero-order valence-corrected chi connectivity index (χ0v) is 31.2. The molecule has 21 heteroatoms. The highest BCUT2D eigenvalue weighted by Crippen LogP contribution is 2.63. The van der Waals surface area contributed by atoms with E-state index in [2.05, 4.69) is 0 Å². The lowest BCUT2D eigenvalue weighted by Crippen LogP contribution is -1.95. The second-order valence-corrected chi connectivity index (χ2v) is 13.4. The van der Waals surface area contributed by atoms with Crippen LogP contribution in [0.2, 0.25) is 0 Å². The van der Waals surface area contributed by atoms with Gasteiger partial charge in [0, 0.05) is 72.8 Å². The van der Waals surface area contributed by atoms with Gasteiger partial charge in [-0.3, -0.25) is 0 Å². The van der Waals surface area contributed by atoms with Crippen molar-refractivity contribution in [2.24, 2.45) is 0 Å². The monoisotopic (exact) mass is 870 g/mol. The summed E-state index contributed by atoms with van der Waals surface area (Å²) in [6, 6.07) is 9.01. The normalized spacial score (nSPS) is 11.0. The van der Waals surface area contributed by atoms with Gasteiger partial charge in [-0.1, -0.05) is 0 Å². The molecule has 7 aromatic carbocycles. The molecule has 7 aromatic rings. The number of phenolic OH excluding ortho intramolecular Hbond substituents is 18. The summed E-state index contributed by atoms with van der Waals surface area (Å²) < 4.78 is 16.5. The van der Waals surface area contributed by atoms with E-state index in [1.807, 2.05) is 0 Å². The van der Waals surface area contributed by atoms with Gasteiger partial charge in [-0.2, -0.15) is 0 Å². The van der Waals surface area contributed by atoms with Crippen LogP contribution in [0, 0.1) is 0 Å². The third-order valence-electron chi connectivity index (χ3n) is 9.13. The number of rotatable bonds is 9. The Morgan fingerprint density at radius 3 is 0.794 bits per heavy atom. The van der Waals surface area contributed by atoms with Crippen LogP contribution in [0.15, 0.2) is 72.8 Å². The maximum atomic E-state index is 11.8. The molecule has 0 aliphatic carbocycles. The number of aromatic hydroxyl groups is 18. The minimum atomic E-state index is -1.32. The molecular formula is C42H30O21. The summed E-state index contributed by atoms with van der Waals surface area (Å²) in [5, 5.41) is 193. The van der Waals surface area contributed by atoms with E-state index in [4.69, 9.17) is 14.2 Å². The predicted octanol–water partition coefficient (Wildman–Crippen LogP) is 6.77. The van der Waals surface area contributed by atoms with Crippen molar-refractivity contribution in [2.45, 2.75) is 0 Å². The second-order valence-electron chi connectivity index (χ2n) is 13.4. The Balaban J connectivity index is 1.41. The quantitative estimate of drug-likeness (QED) is 0.0711. The van der Waals surface area contributed by atoms with Crippen LogP contribution in [0.3, 0.4) is 0 Å². The van der Waals surface area contributed by atoms with E-state index in [0.717, 1.165) is 60.7 Å². The topological polar surface area (TPSA) is 392 Å². The predicted molar refractivity (Wildman–Crippen MR) is 212 cm³/mol. The Morgan fingerprint density at radius 1 is 0.222 bits per heavy atom. The highest BCUT2D eigenvalue weighted by molar-refractivity contribution is 6.04. The summed E-state index contributed by atoms with van der Waals surface area (Å²) in [5.41, 5.74) is -5.67. The molecule has 7 rings (SSSR count). The largest absolute Gasteiger partial charge is 0.508 e. The molecule has 0 aromatic heterocycles. The highest BCUT2D eigenvalue weighted by atomic mass is 16.5. The molecule has 324 valence electrons. The first-order chi connectivity index (χ1) is 29.6. The van der Waals surface area contributed by atoms with Gasteiger partial charge in [0.1, 0.15) is 86.2 Å². The van der Waals surface area contributed by atoms with Crippen molar-refractivity contribution in [3.8, 4) is 171 Å². The maximum absolute atomic E-state index is 11.8. The van der Waals surface area contributed by atoms with Gasteiger partial charge in [-0.15, -0.1) is 0 Å². The lowest BCUT2D eigenvalue weighted by Gasteiger charge is -2.22. The van der Waals surface area contributed by atoms with Crippen molar-refractivity contribution >= 4 is 0 Å². The number of hydrogen-bond donors (Lipinski definition) is 18. The van der Waals surface area contributed by atoms with Gasteiger partial charge in [-0.05, 0) is 0 Å². The Bertz CT molecular complexity index is 2920. The van der Waals surface area contributed by atoms with E-state index in [-0.39, 0.29) is 0 Å². The van der Waals surface area contributed by atoms with Crippen LogP contribution in [0.5, 0.6) is 138 Å². The van der Waals surface area contributed by atoms with Gasteiger partial charge in [0.05, 0.1) is 33.4 Å². The van der Waals surface area contributed by atoms with E-state index in [0.29, 0.717) is 12.1 Å². The zero-order valence-electron chi connectivity index (χ0n) is 31.2. The third-order valence-corrected chi connectivity index (χ3v) is 9.13. The Labute approximate surface area is 349 Å². The van der Waals surface area contributed by atoms with Crippen LogP contribution in [0.25, 0.3) is 33.4 Å². The summed E-state index contributed by atoms with van der Waals surface area (Å²) in [7, 11) is 0. The zero-order chi connectivity index (χ0) is 45.9. The molecule has 0 fully saturated rings. The van der Waals surface area contributed by atoms with Gasteiger partial charge in [0.15, 0.2) is 34.5 Å². The molecule has 18 N–H and O–H groups in total. The van der Waals surface area contributed by atoms with Crippen LogP contribution in [-0.2, 0) is 0 Å². The minimum Gasteiger partial charge on any atom is -0.508 e. The van der Waals surface area contributed by atoms with E-state index in [1.165, 1.54) is 0 Å². The number of hydrogen-bond acceptors (Lipinski definition) is 21. The molecule has 0 bridgehead atoms. The molecule has 0 aliphatic heterocycles. The highest BCUT2D eigenvalue weighted by Gasteiger charge is 2.34. The van der Waals surface area contributed by atoms with Gasteiger partial charge >= 0.3 is 0 Å². The summed E-state index contributed by atoms with van der Waals surface area (Å²) in [6.07, 6.45) is 0.